The lowest BCUT2D eigenvalue weighted by Gasteiger charge is -2.20. The molecular formula is C18H28N2O. The van der Waals surface area contributed by atoms with Crippen molar-refractivity contribution in [1.29, 1.82) is 0 Å². The minimum absolute atomic E-state index is 0.0667. The molecule has 0 fully saturated rings. The van der Waals surface area contributed by atoms with Crippen molar-refractivity contribution in [2.24, 2.45) is 0 Å². The molecular weight excluding hydrogens is 260 g/mol. The fraction of sp³-hybridized carbons (Fsp3) is 0.500. The molecule has 1 amide bonds. The van der Waals surface area contributed by atoms with Gasteiger partial charge in [0.1, 0.15) is 0 Å². The Morgan fingerprint density at radius 1 is 1.14 bits per heavy atom. The molecule has 0 atom stereocenters. The molecule has 1 aliphatic rings. The van der Waals surface area contributed by atoms with E-state index in [0.29, 0.717) is 0 Å². The molecule has 1 N–H and O–H groups in total. The molecule has 0 saturated carbocycles. The first-order valence-electron chi connectivity index (χ1n) is 7.73. The Balaban J connectivity index is 0.00000106. The number of hydrogen-bond acceptors (Lipinski definition) is 2. The van der Waals surface area contributed by atoms with Gasteiger partial charge in [-0.25, -0.2) is 0 Å². The van der Waals surface area contributed by atoms with Gasteiger partial charge in [-0.05, 0) is 61.2 Å². The molecule has 0 aromatic heterocycles. The number of amides is 1. The Morgan fingerprint density at radius 2 is 1.71 bits per heavy atom. The average Bonchev–Trinajstić information content (AvgIpc) is 2.48. The molecule has 0 aliphatic carbocycles. The van der Waals surface area contributed by atoms with Crippen LogP contribution in [-0.2, 0) is 0 Å². The monoisotopic (exact) mass is 288 g/mol. The molecule has 3 nitrogen and oxygen atoms in total. The Morgan fingerprint density at radius 3 is 2.14 bits per heavy atom. The van der Waals surface area contributed by atoms with E-state index in [-0.39, 0.29) is 5.91 Å². The van der Waals surface area contributed by atoms with Crippen molar-refractivity contribution in [2.45, 2.75) is 34.1 Å². The Labute approximate surface area is 129 Å². The summed E-state index contributed by atoms with van der Waals surface area (Å²) < 4.78 is 0. The highest BCUT2D eigenvalue weighted by Gasteiger charge is 2.15. The van der Waals surface area contributed by atoms with E-state index >= 15 is 0 Å². The van der Waals surface area contributed by atoms with Gasteiger partial charge in [0, 0.05) is 26.2 Å². The van der Waals surface area contributed by atoms with Crippen molar-refractivity contribution in [3.8, 4) is 0 Å². The topological polar surface area (TPSA) is 32.3 Å². The van der Waals surface area contributed by atoms with Crippen molar-refractivity contribution >= 4 is 11.5 Å². The van der Waals surface area contributed by atoms with Gasteiger partial charge >= 0.3 is 0 Å². The lowest BCUT2D eigenvalue weighted by molar-refractivity contribution is 0.0827. The zero-order valence-electron chi connectivity index (χ0n) is 14.2. The second-order valence-electron chi connectivity index (χ2n) is 5.37. The maximum atomic E-state index is 12.0. The highest BCUT2D eigenvalue weighted by molar-refractivity contribution is 5.95. The molecule has 0 bridgehead atoms. The standard InChI is InChI=1S/C16H22N2O.C2H6/c1-11-9-14(16(19)18(3)4)10-12(2)15(11)13-5-7-17-8-6-13;1-2/h5,9-10,17H,6-8H2,1-4H3;1-2H3. The van der Waals surface area contributed by atoms with Crippen LogP contribution in [0.1, 0.15) is 47.3 Å². The van der Waals surface area contributed by atoms with Crippen LogP contribution in [0.2, 0.25) is 0 Å². The van der Waals surface area contributed by atoms with Crippen LogP contribution in [0.3, 0.4) is 0 Å². The Bertz CT molecular complexity index is 507. The molecule has 3 heteroatoms. The first-order chi connectivity index (χ1) is 10.0. The van der Waals surface area contributed by atoms with E-state index < -0.39 is 0 Å². The van der Waals surface area contributed by atoms with Gasteiger partial charge < -0.3 is 10.2 Å². The maximum absolute atomic E-state index is 12.0. The number of nitrogens with one attached hydrogen (secondary N) is 1. The number of aryl methyl sites for hydroxylation is 2. The van der Waals surface area contributed by atoms with Crippen molar-refractivity contribution in [3.05, 3.63) is 40.5 Å². The summed E-state index contributed by atoms with van der Waals surface area (Å²) in [6.07, 6.45) is 3.31. The Hall–Kier alpha value is -1.61. The summed E-state index contributed by atoms with van der Waals surface area (Å²) in [5, 5.41) is 3.33. The van der Waals surface area contributed by atoms with E-state index in [1.54, 1.807) is 19.0 Å². The van der Waals surface area contributed by atoms with Crippen molar-refractivity contribution in [2.75, 3.05) is 27.2 Å². The Kier molecular flexibility index (Phi) is 6.63. The maximum Gasteiger partial charge on any atom is 0.253 e. The first-order valence-corrected chi connectivity index (χ1v) is 7.73. The van der Waals surface area contributed by atoms with E-state index in [4.69, 9.17) is 0 Å². The molecule has 21 heavy (non-hydrogen) atoms. The largest absolute Gasteiger partial charge is 0.345 e. The number of carbonyl (C=O) groups is 1. The van der Waals surface area contributed by atoms with Crippen molar-refractivity contribution in [3.63, 3.8) is 0 Å². The molecule has 1 heterocycles. The van der Waals surface area contributed by atoms with Crippen LogP contribution in [0.15, 0.2) is 18.2 Å². The van der Waals surface area contributed by atoms with E-state index in [1.807, 2.05) is 26.0 Å². The molecule has 1 aliphatic heterocycles. The quantitative estimate of drug-likeness (QED) is 0.904. The minimum atomic E-state index is 0.0667. The molecule has 0 unspecified atom stereocenters. The lowest BCUT2D eigenvalue weighted by Crippen LogP contribution is -2.22. The molecule has 0 spiro atoms. The average molecular weight is 288 g/mol. The van der Waals surface area contributed by atoms with Crippen LogP contribution in [0.25, 0.3) is 5.57 Å². The van der Waals surface area contributed by atoms with Gasteiger partial charge in [0.25, 0.3) is 5.91 Å². The number of hydrogen-bond donors (Lipinski definition) is 1. The van der Waals surface area contributed by atoms with Crippen LogP contribution in [-0.4, -0.2) is 38.0 Å². The molecule has 0 radical (unpaired) electrons. The van der Waals surface area contributed by atoms with Crippen molar-refractivity contribution in [1.82, 2.24) is 10.2 Å². The van der Waals surface area contributed by atoms with Crippen LogP contribution >= 0.6 is 0 Å². The van der Waals surface area contributed by atoms with Gasteiger partial charge in [0.05, 0.1) is 0 Å². The minimum Gasteiger partial charge on any atom is -0.345 e. The SMILES string of the molecule is CC.Cc1cc(C(=O)N(C)C)cc(C)c1C1=CCNCC1. The third-order valence-electron chi connectivity index (χ3n) is 3.57. The number of nitrogens with zero attached hydrogens (tertiary/aromatic N) is 1. The second kappa shape index (κ2) is 7.99. The number of rotatable bonds is 2. The predicted molar refractivity (Wildman–Crippen MR) is 90.7 cm³/mol. The third kappa shape index (κ3) is 4.18. The van der Waals surface area contributed by atoms with Gasteiger partial charge in [0.15, 0.2) is 0 Å². The molecule has 1 aromatic rings. The highest BCUT2D eigenvalue weighted by atomic mass is 16.2. The second-order valence-corrected chi connectivity index (χ2v) is 5.37. The summed E-state index contributed by atoms with van der Waals surface area (Å²) in [6.45, 7) is 10.2. The summed E-state index contributed by atoms with van der Waals surface area (Å²) in [4.78, 5) is 13.7. The van der Waals surface area contributed by atoms with Gasteiger partial charge in [-0.15, -0.1) is 0 Å². The van der Waals surface area contributed by atoms with E-state index in [2.05, 4.69) is 25.2 Å². The van der Waals surface area contributed by atoms with E-state index in [1.165, 1.54) is 22.3 Å². The molecule has 0 saturated heterocycles. The van der Waals surface area contributed by atoms with Gasteiger partial charge in [-0.3, -0.25) is 4.79 Å². The zero-order chi connectivity index (χ0) is 16.0. The van der Waals surface area contributed by atoms with E-state index in [0.717, 1.165) is 25.1 Å². The molecule has 2 rings (SSSR count). The van der Waals surface area contributed by atoms with Gasteiger partial charge in [0.2, 0.25) is 0 Å². The summed E-state index contributed by atoms with van der Waals surface area (Å²) in [6, 6.07) is 4.01. The fourth-order valence-corrected chi connectivity index (χ4v) is 2.70. The number of carbonyl (C=O) groups excluding carboxylic acids is 1. The molecule has 116 valence electrons. The van der Waals surface area contributed by atoms with Crippen LogP contribution in [0, 0.1) is 13.8 Å². The van der Waals surface area contributed by atoms with Crippen LogP contribution in [0.5, 0.6) is 0 Å². The summed E-state index contributed by atoms with van der Waals surface area (Å²) in [5.41, 5.74) is 5.88. The smallest absolute Gasteiger partial charge is 0.253 e. The first kappa shape index (κ1) is 17.4. The van der Waals surface area contributed by atoms with Gasteiger partial charge in [-0.2, -0.15) is 0 Å². The lowest BCUT2D eigenvalue weighted by atomic mass is 9.90. The number of benzene rings is 1. The summed E-state index contributed by atoms with van der Waals surface area (Å²) >= 11 is 0. The predicted octanol–water partition coefficient (Wildman–Crippen LogP) is 3.41. The third-order valence-corrected chi connectivity index (χ3v) is 3.57. The van der Waals surface area contributed by atoms with E-state index in [9.17, 15) is 4.79 Å². The zero-order valence-corrected chi connectivity index (χ0v) is 14.2. The van der Waals surface area contributed by atoms with Crippen LogP contribution in [0.4, 0.5) is 0 Å². The van der Waals surface area contributed by atoms with Crippen LogP contribution < -0.4 is 5.32 Å². The summed E-state index contributed by atoms with van der Waals surface area (Å²) in [7, 11) is 3.58. The molecule has 1 aromatic carbocycles. The van der Waals surface area contributed by atoms with Gasteiger partial charge in [-0.1, -0.05) is 19.9 Å². The normalized spacial score (nSPS) is 13.9. The fourth-order valence-electron chi connectivity index (χ4n) is 2.70. The highest BCUT2D eigenvalue weighted by Crippen LogP contribution is 2.28. The van der Waals surface area contributed by atoms with Crippen molar-refractivity contribution < 1.29 is 4.79 Å². The summed E-state index contributed by atoms with van der Waals surface area (Å²) in [5.74, 6) is 0.0667.